The van der Waals surface area contributed by atoms with Gasteiger partial charge in [0.05, 0.1) is 4.90 Å². The maximum absolute atomic E-state index is 13.3. The molecule has 24 heavy (non-hydrogen) atoms. The number of hydrogen-bond acceptors (Lipinski definition) is 3. The maximum atomic E-state index is 13.3. The zero-order valence-corrected chi connectivity index (χ0v) is 15.0. The summed E-state index contributed by atoms with van der Waals surface area (Å²) in [5.74, 6) is 1.83. The molecule has 0 amide bonds. The standard InChI is InChI=1S/C16H18ClF3O3S/c1-5-8-15(21,16(18,19)20)10-14(2,3)12-7-6-11(17)9-13(12)24(4,22)23/h1,6-7,9,21H,8,10H2,2-4H3/t15-/m0/s1. The second kappa shape index (κ2) is 6.58. The third kappa shape index (κ3) is 4.44. The molecule has 0 spiro atoms. The monoisotopic (exact) mass is 382 g/mol. The molecule has 0 unspecified atom stereocenters. The van der Waals surface area contributed by atoms with E-state index in [1.54, 1.807) is 0 Å². The van der Waals surface area contributed by atoms with Crippen LogP contribution in [-0.2, 0) is 15.3 Å². The van der Waals surface area contributed by atoms with Gasteiger partial charge in [-0.3, -0.25) is 0 Å². The van der Waals surface area contributed by atoms with Crippen molar-refractivity contribution in [3.8, 4) is 12.3 Å². The van der Waals surface area contributed by atoms with Gasteiger partial charge in [0.25, 0.3) is 0 Å². The molecule has 8 heteroatoms. The second-order valence-corrected chi connectivity index (χ2v) is 8.80. The fourth-order valence-electron chi connectivity index (χ4n) is 2.62. The highest BCUT2D eigenvalue weighted by Gasteiger charge is 2.55. The van der Waals surface area contributed by atoms with Gasteiger partial charge in [-0.15, -0.1) is 12.3 Å². The van der Waals surface area contributed by atoms with Crippen LogP contribution in [0.25, 0.3) is 0 Å². The highest BCUT2D eigenvalue weighted by atomic mass is 35.5. The number of benzene rings is 1. The zero-order valence-electron chi connectivity index (χ0n) is 13.4. The first-order chi connectivity index (χ1) is 10.6. The highest BCUT2D eigenvalue weighted by molar-refractivity contribution is 7.90. The number of rotatable bonds is 5. The van der Waals surface area contributed by atoms with E-state index in [2.05, 4.69) is 0 Å². The highest BCUT2D eigenvalue weighted by Crippen LogP contribution is 2.44. The molecule has 134 valence electrons. The predicted molar refractivity (Wildman–Crippen MR) is 86.7 cm³/mol. The number of terminal acetylenes is 1. The van der Waals surface area contributed by atoms with Crippen LogP contribution in [0.3, 0.4) is 0 Å². The topological polar surface area (TPSA) is 54.4 Å². The van der Waals surface area contributed by atoms with Crippen LogP contribution in [0.4, 0.5) is 13.2 Å². The van der Waals surface area contributed by atoms with Crippen LogP contribution in [0.15, 0.2) is 23.1 Å². The molecule has 0 aliphatic heterocycles. The van der Waals surface area contributed by atoms with Gasteiger partial charge in [-0.2, -0.15) is 13.2 Å². The molecule has 0 radical (unpaired) electrons. The van der Waals surface area contributed by atoms with Gasteiger partial charge in [-0.1, -0.05) is 31.5 Å². The minimum atomic E-state index is -4.95. The van der Waals surface area contributed by atoms with Crippen molar-refractivity contribution in [1.29, 1.82) is 0 Å². The summed E-state index contributed by atoms with van der Waals surface area (Å²) >= 11 is 5.81. The number of aliphatic hydroxyl groups is 1. The van der Waals surface area contributed by atoms with Crippen LogP contribution >= 0.6 is 11.6 Å². The van der Waals surface area contributed by atoms with Gasteiger partial charge in [-0.05, 0) is 29.5 Å². The Kier molecular flexibility index (Phi) is 5.71. The Morgan fingerprint density at radius 3 is 2.25 bits per heavy atom. The summed E-state index contributed by atoms with van der Waals surface area (Å²) in [6.07, 6.45) is -0.768. The molecule has 3 nitrogen and oxygen atoms in total. The average molecular weight is 383 g/mol. The van der Waals surface area contributed by atoms with Gasteiger partial charge < -0.3 is 5.11 Å². The largest absolute Gasteiger partial charge is 0.418 e. The van der Waals surface area contributed by atoms with E-state index in [0.29, 0.717) is 0 Å². The summed E-state index contributed by atoms with van der Waals surface area (Å²) in [4.78, 5) is -0.176. The Hall–Kier alpha value is -1.23. The summed E-state index contributed by atoms with van der Waals surface area (Å²) in [6.45, 7) is 2.83. The van der Waals surface area contributed by atoms with E-state index in [1.807, 2.05) is 5.92 Å². The van der Waals surface area contributed by atoms with E-state index in [9.17, 15) is 26.7 Å². The van der Waals surface area contributed by atoms with Crippen LogP contribution < -0.4 is 0 Å². The van der Waals surface area contributed by atoms with Crippen molar-refractivity contribution in [3.05, 3.63) is 28.8 Å². The van der Waals surface area contributed by atoms with Gasteiger partial charge in [0.15, 0.2) is 15.4 Å². The van der Waals surface area contributed by atoms with E-state index in [4.69, 9.17) is 18.0 Å². The summed E-state index contributed by atoms with van der Waals surface area (Å²) in [5, 5.41) is 10.2. The third-order valence-electron chi connectivity index (χ3n) is 3.73. The predicted octanol–water partition coefficient (Wildman–Crippen LogP) is 3.73. The first kappa shape index (κ1) is 20.8. The van der Waals surface area contributed by atoms with E-state index in [1.165, 1.54) is 32.0 Å². The van der Waals surface area contributed by atoms with Crippen molar-refractivity contribution in [3.63, 3.8) is 0 Å². The molecule has 1 rings (SSSR count). The normalized spacial score (nSPS) is 15.6. The second-order valence-electron chi connectivity index (χ2n) is 6.38. The van der Waals surface area contributed by atoms with Gasteiger partial charge in [0.1, 0.15) is 0 Å². The number of sulfone groups is 1. The van der Waals surface area contributed by atoms with Crippen LogP contribution in [0.1, 0.15) is 32.3 Å². The first-order valence-corrected chi connectivity index (χ1v) is 9.14. The maximum Gasteiger partial charge on any atom is 0.418 e. The van der Waals surface area contributed by atoms with E-state index in [-0.39, 0.29) is 15.5 Å². The Labute approximate surface area is 144 Å². The number of halogens is 4. The quantitative estimate of drug-likeness (QED) is 0.789. The molecule has 0 saturated heterocycles. The lowest BCUT2D eigenvalue weighted by atomic mass is 9.74. The zero-order chi connectivity index (χ0) is 19.0. The smallest absolute Gasteiger partial charge is 0.380 e. The Bertz CT molecular complexity index is 764. The molecule has 1 aromatic rings. The van der Waals surface area contributed by atoms with E-state index in [0.717, 1.165) is 6.26 Å². The molecular weight excluding hydrogens is 365 g/mol. The Morgan fingerprint density at radius 1 is 1.29 bits per heavy atom. The number of hydrogen-bond donors (Lipinski definition) is 1. The lowest BCUT2D eigenvalue weighted by Crippen LogP contribution is -2.49. The Balaban J connectivity index is 3.49. The van der Waals surface area contributed by atoms with Crippen LogP contribution in [0.2, 0.25) is 5.02 Å². The Morgan fingerprint density at radius 2 is 1.83 bits per heavy atom. The average Bonchev–Trinajstić information content (AvgIpc) is 2.35. The van der Waals surface area contributed by atoms with E-state index < -0.39 is 39.9 Å². The van der Waals surface area contributed by atoms with Gasteiger partial charge in [0, 0.05) is 17.7 Å². The molecule has 0 fully saturated rings. The lowest BCUT2D eigenvalue weighted by molar-refractivity contribution is -0.264. The van der Waals surface area contributed by atoms with Crippen molar-refractivity contribution >= 4 is 21.4 Å². The lowest BCUT2D eigenvalue weighted by Gasteiger charge is -2.37. The van der Waals surface area contributed by atoms with Gasteiger partial charge in [0.2, 0.25) is 0 Å². The molecule has 1 N–H and O–H groups in total. The van der Waals surface area contributed by atoms with Crippen molar-refractivity contribution < 1.29 is 26.7 Å². The SMILES string of the molecule is C#CC[C@](O)(CC(C)(C)c1ccc(Cl)cc1S(C)(=O)=O)C(F)(F)F. The molecule has 0 aliphatic rings. The molecule has 0 aliphatic carbocycles. The fraction of sp³-hybridized carbons (Fsp3) is 0.500. The van der Waals surface area contributed by atoms with Crippen LogP contribution in [0.5, 0.6) is 0 Å². The summed E-state index contributed by atoms with van der Waals surface area (Å²) in [7, 11) is -3.73. The van der Waals surface area contributed by atoms with Crippen LogP contribution in [-0.4, -0.2) is 31.6 Å². The minimum absolute atomic E-state index is 0.133. The van der Waals surface area contributed by atoms with Gasteiger partial charge >= 0.3 is 6.18 Å². The van der Waals surface area contributed by atoms with Crippen molar-refractivity contribution in [2.75, 3.05) is 6.26 Å². The molecule has 0 saturated carbocycles. The summed E-state index contributed by atoms with van der Waals surface area (Å²) in [5.41, 5.74) is -4.32. The van der Waals surface area contributed by atoms with E-state index >= 15 is 0 Å². The van der Waals surface area contributed by atoms with Gasteiger partial charge in [-0.25, -0.2) is 8.42 Å². The molecular formula is C16H18ClF3O3S. The molecule has 1 aromatic carbocycles. The molecule has 1 atom stereocenters. The number of alkyl halides is 3. The van der Waals surface area contributed by atoms with Crippen molar-refractivity contribution in [2.45, 2.75) is 48.8 Å². The minimum Gasteiger partial charge on any atom is -0.380 e. The first-order valence-electron chi connectivity index (χ1n) is 6.87. The van der Waals surface area contributed by atoms with Crippen LogP contribution in [0, 0.1) is 12.3 Å². The third-order valence-corrected chi connectivity index (χ3v) is 5.10. The molecule has 0 heterocycles. The summed E-state index contributed by atoms with van der Waals surface area (Å²) in [6, 6.07) is 3.92. The molecule has 0 aromatic heterocycles. The molecule has 0 bridgehead atoms. The van der Waals surface area contributed by atoms with Crippen molar-refractivity contribution in [2.24, 2.45) is 0 Å². The fourth-order valence-corrected chi connectivity index (χ4v) is 3.94. The summed E-state index contributed by atoms with van der Waals surface area (Å²) < 4.78 is 63.7. The van der Waals surface area contributed by atoms with Crippen molar-refractivity contribution in [1.82, 2.24) is 0 Å².